The van der Waals surface area contributed by atoms with Crippen molar-refractivity contribution in [3.63, 3.8) is 0 Å². The molecule has 0 unspecified atom stereocenters. The quantitative estimate of drug-likeness (QED) is 0.520. The standard InChI is InChI=1S/C27H26BrN3O4/c1-35-22-11-12-24(28)23(17-22)27(34)31-15-13-30(14-16-31)25(32)18-29-26(33)21-9-7-20(8-10-21)19-5-3-2-4-6-19/h2-12,17H,13-16,18H2,1H3,(H,29,33). The molecular weight excluding hydrogens is 510 g/mol. The topological polar surface area (TPSA) is 79.0 Å². The largest absolute Gasteiger partial charge is 0.497 e. The van der Waals surface area contributed by atoms with Crippen LogP contribution in [0.25, 0.3) is 11.1 Å². The zero-order valence-electron chi connectivity index (χ0n) is 19.4. The molecule has 0 aromatic heterocycles. The smallest absolute Gasteiger partial charge is 0.255 e. The molecule has 0 spiro atoms. The lowest BCUT2D eigenvalue weighted by molar-refractivity contribution is -0.131. The van der Waals surface area contributed by atoms with E-state index in [1.165, 1.54) is 0 Å². The molecule has 0 saturated carbocycles. The van der Waals surface area contributed by atoms with Gasteiger partial charge in [-0.3, -0.25) is 14.4 Å². The van der Waals surface area contributed by atoms with Gasteiger partial charge >= 0.3 is 0 Å². The summed E-state index contributed by atoms with van der Waals surface area (Å²) < 4.78 is 5.92. The maximum Gasteiger partial charge on any atom is 0.255 e. The molecule has 3 amide bonds. The fourth-order valence-corrected chi connectivity index (χ4v) is 4.36. The maximum absolute atomic E-state index is 12.9. The van der Waals surface area contributed by atoms with Crippen LogP contribution in [0.5, 0.6) is 5.75 Å². The molecule has 1 saturated heterocycles. The number of hydrogen-bond acceptors (Lipinski definition) is 4. The van der Waals surface area contributed by atoms with Crippen LogP contribution in [0.4, 0.5) is 0 Å². The first-order valence-electron chi connectivity index (χ1n) is 11.3. The molecular formula is C27H26BrN3O4. The SMILES string of the molecule is COc1ccc(Br)c(C(=O)N2CCN(C(=O)CNC(=O)c3ccc(-c4ccccc4)cc3)CC2)c1. The average molecular weight is 536 g/mol. The molecule has 3 aromatic rings. The lowest BCUT2D eigenvalue weighted by Crippen LogP contribution is -2.52. The number of amides is 3. The third-order valence-electron chi connectivity index (χ3n) is 5.98. The molecule has 1 aliphatic rings. The Morgan fingerprint density at radius 1 is 0.857 bits per heavy atom. The second kappa shape index (κ2) is 11.2. The molecule has 1 heterocycles. The fourth-order valence-electron chi connectivity index (χ4n) is 3.94. The molecule has 1 N–H and O–H groups in total. The number of nitrogens with one attached hydrogen (secondary N) is 1. The van der Waals surface area contributed by atoms with Crippen LogP contribution < -0.4 is 10.1 Å². The number of carbonyl (C=O) groups excluding carboxylic acids is 3. The highest BCUT2D eigenvalue weighted by Crippen LogP contribution is 2.24. The number of carbonyl (C=O) groups is 3. The summed E-state index contributed by atoms with van der Waals surface area (Å²) in [5, 5.41) is 2.70. The van der Waals surface area contributed by atoms with E-state index in [-0.39, 0.29) is 24.3 Å². The minimum atomic E-state index is -0.297. The molecule has 3 aromatic carbocycles. The van der Waals surface area contributed by atoms with Gasteiger partial charge in [-0.05, 0) is 57.4 Å². The number of ether oxygens (including phenoxy) is 1. The van der Waals surface area contributed by atoms with Crippen LogP contribution in [0, 0.1) is 0 Å². The molecule has 0 bridgehead atoms. The number of halogens is 1. The van der Waals surface area contributed by atoms with Gasteiger partial charge in [0, 0.05) is 36.2 Å². The second-order valence-corrected chi connectivity index (χ2v) is 9.00. The van der Waals surface area contributed by atoms with E-state index in [1.807, 2.05) is 42.5 Å². The highest BCUT2D eigenvalue weighted by molar-refractivity contribution is 9.10. The van der Waals surface area contributed by atoms with Gasteiger partial charge in [-0.25, -0.2) is 0 Å². The molecule has 8 heteroatoms. The highest BCUT2D eigenvalue weighted by atomic mass is 79.9. The Bertz CT molecular complexity index is 1210. The first-order valence-corrected chi connectivity index (χ1v) is 12.1. The Hall–Kier alpha value is -3.65. The van der Waals surface area contributed by atoms with Gasteiger partial charge in [0.15, 0.2) is 0 Å². The van der Waals surface area contributed by atoms with Crippen molar-refractivity contribution in [2.24, 2.45) is 0 Å². The lowest BCUT2D eigenvalue weighted by Gasteiger charge is -2.35. The lowest BCUT2D eigenvalue weighted by atomic mass is 10.0. The van der Waals surface area contributed by atoms with Crippen LogP contribution in [0.2, 0.25) is 0 Å². The molecule has 7 nitrogen and oxygen atoms in total. The molecule has 35 heavy (non-hydrogen) atoms. The normalized spacial score (nSPS) is 13.3. The fraction of sp³-hybridized carbons (Fsp3) is 0.222. The number of piperazine rings is 1. The molecule has 180 valence electrons. The average Bonchev–Trinajstić information content (AvgIpc) is 2.92. The zero-order valence-corrected chi connectivity index (χ0v) is 21.0. The van der Waals surface area contributed by atoms with E-state index in [1.54, 1.807) is 47.2 Å². The summed E-state index contributed by atoms with van der Waals surface area (Å²) in [6.45, 7) is 1.57. The number of hydrogen-bond donors (Lipinski definition) is 1. The summed E-state index contributed by atoms with van der Waals surface area (Å²) in [6.07, 6.45) is 0. The van der Waals surface area contributed by atoms with Crippen molar-refractivity contribution in [2.75, 3.05) is 39.8 Å². The van der Waals surface area contributed by atoms with Crippen LogP contribution in [-0.2, 0) is 4.79 Å². The summed E-state index contributed by atoms with van der Waals surface area (Å²) in [5.41, 5.74) is 3.11. The Morgan fingerprint density at radius 2 is 1.49 bits per heavy atom. The predicted molar refractivity (Wildman–Crippen MR) is 137 cm³/mol. The van der Waals surface area contributed by atoms with Crippen molar-refractivity contribution in [1.82, 2.24) is 15.1 Å². The number of nitrogens with zero attached hydrogens (tertiary/aromatic N) is 2. The van der Waals surface area contributed by atoms with E-state index in [9.17, 15) is 14.4 Å². The Kier molecular flexibility index (Phi) is 7.82. The third kappa shape index (κ3) is 5.89. The predicted octanol–water partition coefficient (Wildman–Crippen LogP) is 3.84. The Labute approximate surface area is 212 Å². The van der Waals surface area contributed by atoms with Crippen LogP contribution >= 0.6 is 15.9 Å². The molecule has 1 aliphatic heterocycles. The van der Waals surface area contributed by atoms with Gasteiger partial charge in [-0.15, -0.1) is 0 Å². The van der Waals surface area contributed by atoms with Gasteiger partial charge in [0.2, 0.25) is 5.91 Å². The van der Waals surface area contributed by atoms with Crippen molar-refractivity contribution in [2.45, 2.75) is 0 Å². The van der Waals surface area contributed by atoms with Gasteiger partial charge in [-0.2, -0.15) is 0 Å². The van der Waals surface area contributed by atoms with Crippen LogP contribution in [0.3, 0.4) is 0 Å². The van der Waals surface area contributed by atoms with Crippen LogP contribution in [-0.4, -0.2) is 67.4 Å². The molecule has 0 radical (unpaired) electrons. The number of methoxy groups -OCH3 is 1. The van der Waals surface area contributed by atoms with Crippen molar-refractivity contribution < 1.29 is 19.1 Å². The second-order valence-electron chi connectivity index (χ2n) is 8.14. The van der Waals surface area contributed by atoms with Gasteiger partial charge in [0.1, 0.15) is 5.75 Å². The van der Waals surface area contributed by atoms with E-state index in [0.717, 1.165) is 11.1 Å². The molecule has 4 rings (SSSR count). The third-order valence-corrected chi connectivity index (χ3v) is 6.67. The van der Waals surface area contributed by atoms with E-state index < -0.39 is 0 Å². The highest BCUT2D eigenvalue weighted by Gasteiger charge is 2.26. The van der Waals surface area contributed by atoms with Crippen molar-refractivity contribution in [1.29, 1.82) is 0 Å². The zero-order chi connectivity index (χ0) is 24.8. The Balaban J connectivity index is 1.27. The number of rotatable bonds is 6. The molecule has 0 atom stereocenters. The van der Waals surface area contributed by atoms with Crippen molar-refractivity contribution in [3.05, 3.63) is 88.4 Å². The van der Waals surface area contributed by atoms with Gasteiger partial charge in [0.25, 0.3) is 11.8 Å². The maximum atomic E-state index is 12.9. The summed E-state index contributed by atoms with van der Waals surface area (Å²) in [6, 6.07) is 22.5. The van der Waals surface area contributed by atoms with Crippen LogP contribution in [0.15, 0.2) is 77.3 Å². The first-order chi connectivity index (χ1) is 17.0. The van der Waals surface area contributed by atoms with E-state index in [2.05, 4.69) is 21.2 Å². The van der Waals surface area contributed by atoms with Gasteiger partial charge in [0.05, 0.1) is 19.2 Å². The summed E-state index contributed by atoms with van der Waals surface area (Å²) >= 11 is 3.42. The van der Waals surface area contributed by atoms with Gasteiger partial charge in [-0.1, -0.05) is 42.5 Å². The summed E-state index contributed by atoms with van der Waals surface area (Å²) in [7, 11) is 1.56. The minimum Gasteiger partial charge on any atom is -0.497 e. The minimum absolute atomic E-state index is 0.0886. The summed E-state index contributed by atoms with van der Waals surface area (Å²) in [5.74, 6) is 0.0227. The van der Waals surface area contributed by atoms with E-state index in [0.29, 0.717) is 47.5 Å². The Morgan fingerprint density at radius 3 is 2.14 bits per heavy atom. The summed E-state index contributed by atoms with van der Waals surface area (Å²) in [4.78, 5) is 41.5. The van der Waals surface area contributed by atoms with Crippen molar-refractivity contribution in [3.8, 4) is 16.9 Å². The number of benzene rings is 3. The monoisotopic (exact) mass is 535 g/mol. The van der Waals surface area contributed by atoms with Crippen LogP contribution in [0.1, 0.15) is 20.7 Å². The van der Waals surface area contributed by atoms with Gasteiger partial charge < -0.3 is 19.9 Å². The van der Waals surface area contributed by atoms with E-state index >= 15 is 0 Å². The van der Waals surface area contributed by atoms with E-state index in [4.69, 9.17) is 4.74 Å². The van der Waals surface area contributed by atoms with Crippen molar-refractivity contribution >= 4 is 33.7 Å². The molecule has 1 fully saturated rings. The first kappa shape index (κ1) is 24.5. The molecule has 0 aliphatic carbocycles.